The van der Waals surface area contributed by atoms with Crippen LogP contribution in [-0.2, 0) is 10.0 Å². The van der Waals surface area contributed by atoms with Crippen LogP contribution in [0.1, 0.15) is 47.2 Å². The number of primary amides is 1. The van der Waals surface area contributed by atoms with E-state index in [1.165, 1.54) is 13.2 Å². The number of aliphatic imine (C=N–C) groups is 1. The summed E-state index contributed by atoms with van der Waals surface area (Å²) < 4.78 is 43.4. The van der Waals surface area contributed by atoms with Crippen molar-refractivity contribution in [3.63, 3.8) is 0 Å². The SMILES string of the molecule is COc1ccc(OC(=O)NC(=N)c2cccc(/C=C/CN(c3ccc(OC4CCN(C5=NCCC5)CC4)c(C(N)=O)c3)S(C)(=O)=O)c2)cc1. The van der Waals surface area contributed by atoms with Gasteiger partial charge in [0.25, 0.3) is 5.91 Å². The first kappa shape index (κ1) is 35.0. The molecule has 0 aromatic heterocycles. The molecule has 13 nitrogen and oxygen atoms in total. The van der Waals surface area contributed by atoms with Crippen molar-refractivity contribution >= 4 is 45.5 Å². The fourth-order valence-corrected chi connectivity index (χ4v) is 6.48. The van der Waals surface area contributed by atoms with E-state index in [9.17, 15) is 18.0 Å². The first-order valence-corrected chi connectivity index (χ1v) is 17.7. The van der Waals surface area contributed by atoms with E-state index in [2.05, 4.69) is 15.2 Å². The molecule has 3 aromatic carbocycles. The second kappa shape index (κ2) is 15.7. The van der Waals surface area contributed by atoms with Gasteiger partial charge in [-0.15, -0.1) is 0 Å². The molecule has 0 bridgehead atoms. The Hall–Kier alpha value is -5.37. The Morgan fingerprint density at radius 1 is 1.08 bits per heavy atom. The number of hydrogen-bond acceptors (Lipinski definition) is 10. The molecule has 2 amide bonds. The number of amidine groups is 2. The van der Waals surface area contributed by atoms with Gasteiger partial charge in [0.15, 0.2) is 0 Å². The monoisotopic (exact) mass is 688 g/mol. The largest absolute Gasteiger partial charge is 0.497 e. The summed E-state index contributed by atoms with van der Waals surface area (Å²) >= 11 is 0. The lowest BCUT2D eigenvalue weighted by atomic mass is 10.1. The number of ether oxygens (including phenoxy) is 3. The number of likely N-dealkylation sites (tertiary alicyclic amines) is 1. The normalized spacial score (nSPS) is 15.1. The van der Waals surface area contributed by atoms with Crippen LogP contribution >= 0.6 is 0 Å². The molecule has 0 radical (unpaired) electrons. The Balaban J connectivity index is 1.22. The fraction of sp³-hybridized carbons (Fsp3) is 0.314. The lowest BCUT2D eigenvalue weighted by Crippen LogP contribution is -2.41. The number of hydrogen-bond donors (Lipinski definition) is 3. The van der Waals surface area contributed by atoms with Gasteiger partial charge in [-0.05, 0) is 60.5 Å². The van der Waals surface area contributed by atoms with E-state index in [1.54, 1.807) is 72.8 Å². The lowest BCUT2D eigenvalue weighted by Gasteiger charge is -2.34. The third-order valence-electron chi connectivity index (χ3n) is 8.12. The van der Waals surface area contributed by atoms with Crippen molar-refractivity contribution in [3.05, 3.63) is 89.5 Å². The highest BCUT2D eigenvalue weighted by Gasteiger charge is 2.26. The van der Waals surface area contributed by atoms with E-state index in [0.29, 0.717) is 22.6 Å². The average molecular weight is 689 g/mol. The molecule has 2 aliphatic heterocycles. The number of benzene rings is 3. The first-order chi connectivity index (χ1) is 23.5. The minimum Gasteiger partial charge on any atom is -0.497 e. The quantitative estimate of drug-likeness (QED) is 0.196. The van der Waals surface area contributed by atoms with Crippen LogP contribution in [0.4, 0.5) is 10.5 Å². The Labute approximate surface area is 285 Å². The van der Waals surface area contributed by atoms with E-state index >= 15 is 0 Å². The standard InChI is InChI=1S/C35H40N6O7S/c1-46-27-11-13-28(14-12-27)48-35(43)39-33(36)25-8-3-6-24(22-25)7-5-19-41(49(2,44)45)26-10-15-31(30(23-26)34(37)42)47-29-16-20-40(21-17-29)32-9-4-18-38-32/h3,5-8,10-15,22-23,29H,4,9,16-21H2,1-2H3,(H2,37,42)(H2,36,39,43)/b7-5+. The number of carbonyl (C=O) groups excluding carboxylic acids is 2. The molecule has 14 heteroatoms. The van der Waals surface area contributed by atoms with E-state index < -0.39 is 22.0 Å². The molecular formula is C35H40N6O7S. The topological polar surface area (TPSA) is 177 Å². The third-order valence-corrected chi connectivity index (χ3v) is 9.28. The predicted molar refractivity (Wildman–Crippen MR) is 188 cm³/mol. The molecule has 0 atom stereocenters. The summed E-state index contributed by atoms with van der Waals surface area (Å²) in [5.74, 6) is 1.47. The maximum atomic E-state index is 12.9. The number of nitrogens with one attached hydrogen (secondary N) is 2. The number of nitrogens with zero attached hydrogens (tertiary/aromatic N) is 3. The minimum absolute atomic E-state index is 0.0479. The number of amides is 2. The van der Waals surface area contributed by atoms with Gasteiger partial charge in [0, 0.05) is 44.5 Å². The van der Waals surface area contributed by atoms with E-state index in [4.69, 9.17) is 25.4 Å². The van der Waals surface area contributed by atoms with Crippen molar-refractivity contribution < 1.29 is 32.2 Å². The van der Waals surface area contributed by atoms with Crippen molar-refractivity contribution in [2.75, 3.05) is 43.8 Å². The van der Waals surface area contributed by atoms with Gasteiger partial charge in [-0.25, -0.2) is 13.2 Å². The zero-order valence-corrected chi connectivity index (χ0v) is 28.2. The molecule has 258 valence electrons. The zero-order valence-electron chi connectivity index (χ0n) is 27.4. The van der Waals surface area contributed by atoms with E-state index in [-0.39, 0.29) is 35.5 Å². The molecule has 0 unspecified atom stereocenters. The van der Waals surface area contributed by atoms with Gasteiger partial charge in [0.1, 0.15) is 29.2 Å². The summed E-state index contributed by atoms with van der Waals surface area (Å²) in [6.45, 7) is 2.47. The van der Waals surface area contributed by atoms with Gasteiger partial charge in [0.2, 0.25) is 10.0 Å². The summed E-state index contributed by atoms with van der Waals surface area (Å²) in [5.41, 5.74) is 7.15. The summed E-state index contributed by atoms with van der Waals surface area (Å²) in [6.07, 6.45) is 7.11. The van der Waals surface area contributed by atoms with Gasteiger partial charge in [0.05, 0.1) is 37.0 Å². The van der Waals surface area contributed by atoms with Gasteiger partial charge < -0.3 is 24.8 Å². The molecule has 49 heavy (non-hydrogen) atoms. The smallest absolute Gasteiger partial charge is 0.418 e. The molecule has 0 aliphatic carbocycles. The van der Waals surface area contributed by atoms with Crippen LogP contribution in [0.25, 0.3) is 6.08 Å². The molecule has 4 N–H and O–H groups in total. The molecular weight excluding hydrogens is 648 g/mol. The molecule has 1 saturated heterocycles. The Kier molecular flexibility index (Phi) is 11.2. The number of rotatable bonds is 11. The number of sulfonamides is 1. The molecule has 2 heterocycles. The van der Waals surface area contributed by atoms with Gasteiger partial charge in [-0.3, -0.25) is 24.8 Å². The van der Waals surface area contributed by atoms with Crippen molar-refractivity contribution in [2.45, 2.75) is 31.8 Å². The number of anilines is 1. The average Bonchev–Trinajstić information content (AvgIpc) is 3.62. The summed E-state index contributed by atoms with van der Waals surface area (Å²) in [5, 5.41) is 10.7. The van der Waals surface area contributed by atoms with Crippen molar-refractivity contribution in [3.8, 4) is 17.2 Å². The van der Waals surface area contributed by atoms with Crippen LogP contribution in [0.15, 0.2) is 77.8 Å². The van der Waals surface area contributed by atoms with Crippen LogP contribution in [-0.4, -0.2) is 82.6 Å². The summed E-state index contributed by atoms with van der Waals surface area (Å²) in [7, 11) is -2.23. The number of carbonyl (C=O) groups is 2. The molecule has 3 aromatic rings. The Morgan fingerprint density at radius 2 is 1.82 bits per heavy atom. The second-order valence-corrected chi connectivity index (χ2v) is 13.5. The summed E-state index contributed by atoms with van der Waals surface area (Å²) in [6, 6.07) is 17.9. The zero-order chi connectivity index (χ0) is 35.0. The predicted octanol–water partition coefficient (Wildman–Crippen LogP) is 4.42. The van der Waals surface area contributed by atoms with Crippen LogP contribution in [0, 0.1) is 5.41 Å². The van der Waals surface area contributed by atoms with Crippen molar-refractivity contribution in [1.29, 1.82) is 5.41 Å². The maximum absolute atomic E-state index is 12.9. The molecule has 1 fully saturated rings. The number of methoxy groups -OCH3 is 1. The van der Waals surface area contributed by atoms with Gasteiger partial charge in [-0.2, -0.15) is 0 Å². The van der Waals surface area contributed by atoms with E-state index in [1.807, 2.05) is 0 Å². The van der Waals surface area contributed by atoms with E-state index in [0.717, 1.165) is 61.7 Å². The Morgan fingerprint density at radius 3 is 2.47 bits per heavy atom. The number of piperidine rings is 1. The van der Waals surface area contributed by atoms with Crippen LogP contribution in [0.3, 0.4) is 0 Å². The van der Waals surface area contributed by atoms with Crippen LogP contribution < -0.4 is 29.6 Å². The minimum atomic E-state index is -3.76. The van der Waals surface area contributed by atoms with Crippen molar-refractivity contribution in [1.82, 2.24) is 10.2 Å². The Bertz CT molecular complexity index is 1850. The van der Waals surface area contributed by atoms with Gasteiger partial charge >= 0.3 is 6.09 Å². The highest BCUT2D eigenvalue weighted by molar-refractivity contribution is 7.92. The second-order valence-electron chi connectivity index (χ2n) is 11.6. The molecule has 5 rings (SSSR count). The highest BCUT2D eigenvalue weighted by Crippen LogP contribution is 2.29. The first-order valence-electron chi connectivity index (χ1n) is 15.8. The molecule has 2 aliphatic rings. The van der Waals surface area contributed by atoms with Crippen molar-refractivity contribution in [2.24, 2.45) is 10.7 Å². The lowest BCUT2D eigenvalue weighted by molar-refractivity contribution is 0.0982. The number of nitrogens with two attached hydrogens (primary N) is 1. The van der Waals surface area contributed by atoms with Crippen LogP contribution in [0.5, 0.6) is 17.2 Å². The third kappa shape index (κ3) is 9.38. The van der Waals surface area contributed by atoms with Crippen LogP contribution in [0.2, 0.25) is 0 Å². The maximum Gasteiger partial charge on any atom is 0.418 e. The van der Waals surface area contributed by atoms with Gasteiger partial charge in [-0.1, -0.05) is 30.4 Å². The molecule has 0 spiro atoms. The summed E-state index contributed by atoms with van der Waals surface area (Å²) in [4.78, 5) is 31.7. The fourth-order valence-electron chi connectivity index (χ4n) is 5.63. The molecule has 0 saturated carbocycles. The highest BCUT2D eigenvalue weighted by atomic mass is 32.2.